The fourth-order valence-electron chi connectivity index (χ4n) is 3.21. The second kappa shape index (κ2) is 15.3. The number of rotatable bonds is 2. The third-order valence-corrected chi connectivity index (χ3v) is 4.61. The highest BCUT2D eigenvalue weighted by Gasteiger charge is 2.13. The topological polar surface area (TPSA) is 0 Å². The Balaban J connectivity index is 0.000000357. The van der Waals surface area contributed by atoms with Crippen LogP contribution in [0, 0.1) is 11.8 Å². The summed E-state index contributed by atoms with van der Waals surface area (Å²) >= 11 is 0. The van der Waals surface area contributed by atoms with Crippen LogP contribution in [0.25, 0.3) is 11.1 Å². The third kappa shape index (κ3) is 7.29. The quantitative estimate of drug-likeness (QED) is 0.425. The van der Waals surface area contributed by atoms with E-state index in [1.807, 2.05) is 76.2 Å². The molecule has 0 bridgehead atoms. The second-order valence-electron chi connectivity index (χ2n) is 6.55. The molecule has 2 aliphatic rings. The number of fused-ring (bicyclic) bond motifs is 2. The van der Waals surface area contributed by atoms with Crippen LogP contribution in [0.5, 0.6) is 0 Å². The fourth-order valence-corrected chi connectivity index (χ4v) is 3.21. The van der Waals surface area contributed by atoms with E-state index in [9.17, 15) is 0 Å². The van der Waals surface area contributed by atoms with Gasteiger partial charge in [-0.2, -0.15) is 0 Å². The van der Waals surface area contributed by atoms with Gasteiger partial charge < -0.3 is 0 Å². The van der Waals surface area contributed by atoms with Crippen molar-refractivity contribution in [3.8, 4) is 11.8 Å². The highest BCUT2D eigenvalue weighted by Crippen LogP contribution is 2.32. The molecule has 0 nitrogen and oxygen atoms in total. The van der Waals surface area contributed by atoms with Gasteiger partial charge in [0, 0.05) is 11.1 Å². The van der Waals surface area contributed by atoms with E-state index in [1.54, 1.807) is 0 Å². The van der Waals surface area contributed by atoms with E-state index in [0.717, 1.165) is 39.8 Å². The molecule has 0 spiro atoms. The van der Waals surface area contributed by atoms with E-state index >= 15 is 0 Å². The molecule has 2 aromatic rings. The molecule has 0 saturated heterocycles. The molecule has 32 heavy (non-hydrogen) atoms. The second-order valence-corrected chi connectivity index (χ2v) is 6.55. The van der Waals surface area contributed by atoms with Crippen molar-refractivity contribution in [3.05, 3.63) is 132 Å². The molecule has 0 aromatic heterocycles. The summed E-state index contributed by atoms with van der Waals surface area (Å²) in [7, 11) is 0. The minimum absolute atomic E-state index is 1.02. The molecule has 0 saturated carbocycles. The SMILES string of the molecule is C=C/C1=C(\C=C)c2ccccc2C#Cc2ccccc21.CC.CC.CC1=CC=CCC=C1. The summed E-state index contributed by atoms with van der Waals surface area (Å²) in [5, 5.41) is 0. The lowest BCUT2D eigenvalue weighted by Gasteiger charge is -2.15. The molecule has 0 heteroatoms. The molecule has 0 heterocycles. The van der Waals surface area contributed by atoms with Crippen molar-refractivity contribution in [1.29, 1.82) is 0 Å². The number of benzene rings is 2. The lowest BCUT2D eigenvalue weighted by Crippen LogP contribution is -1.97. The summed E-state index contributed by atoms with van der Waals surface area (Å²) in [4.78, 5) is 0. The Morgan fingerprint density at radius 3 is 1.66 bits per heavy atom. The maximum absolute atomic E-state index is 3.97. The monoisotopic (exact) mass is 420 g/mol. The van der Waals surface area contributed by atoms with Gasteiger partial charge in [0.2, 0.25) is 0 Å². The summed E-state index contributed by atoms with van der Waals surface area (Å²) < 4.78 is 0. The number of hydrogen-bond donors (Lipinski definition) is 0. The molecule has 0 atom stereocenters. The Bertz CT molecular complexity index is 1010. The number of hydrogen-bond acceptors (Lipinski definition) is 0. The maximum atomic E-state index is 3.97. The average molecular weight is 421 g/mol. The Morgan fingerprint density at radius 2 is 1.19 bits per heavy atom. The van der Waals surface area contributed by atoms with E-state index in [0.29, 0.717) is 0 Å². The Labute approximate surface area is 196 Å². The van der Waals surface area contributed by atoms with Crippen molar-refractivity contribution in [2.75, 3.05) is 0 Å². The van der Waals surface area contributed by atoms with Crippen molar-refractivity contribution >= 4 is 11.1 Å². The van der Waals surface area contributed by atoms with Gasteiger partial charge in [0.05, 0.1) is 0 Å². The van der Waals surface area contributed by atoms with Crippen molar-refractivity contribution < 1.29 is 0 Å². The normalized spacial score (nSPS) is 14.7. The Kier molecular flexibility index (Phi) is 12.6. The molecule has 0 amide bonds. The van der Waals surface area contributed by atoms with Crippen molar-refractivity contribution in [3.63, 3.8) is 0 Å². The zero-order valence-corrected chi connectivity index (χ0v) is 20.3. The summed E-state index contributed by atoms with van der Waals surface area (Å²) in [6.07, 6.45) is 15.5. The van der Waals surface area contributed by atoms with E-state index in [4.69, 9.17) is 0 Å². The van der Waals surface area contributed by atoms with Crippen LogP contribution >= 0.6 is 0 Å². The van der Waals surface area contributed by atoms with Crippen LogP contribution in [0.4, 0.5) is 0 Å². The van der Waals surface area contributed by atoms with Gasteiger partial charge in [0.15, 0.2) is 0 Å². The third-order valence-electron chi connectivity index (χ3n) is 4.61. The minimum atomic E-state index is 1.02. The lowest BCUT2D eigenvalue weighted by molar-refractivity contribution is 1.40. The van der Waals surface area contributed by atoms with Crippen LogP contribution in [-0.4, -0.2) is 0 Å². The van der Waals surface area contributed by atoms with Gasteiger partial charge in [-0.3, -0.25) is 0 Å². The van der Waals surface area contributed by atoms with E-state index in [-0.39, 0.29) is 0 Å². The summed E-state index contributed by atoms with van der Waals surface area (Å²) in [5.74, 6) is 6.53. The van der Waals surface area contributed by atoms with Crippen LogP contribution in [-0.2, 0) is 0 Å². The fraction of sp³-hybridized carbons (Fsp3) is 0.188. The van der Waals surface area contributed by atoms with Crippen LogP contribution < -0.4 is 0 Å². The van der Waals surface area contributed by atoms with Crippen LogP contribution in [0.1, 0.15) is 63.3 Å². The maximum Gasteiger partial charge on any atom is 0.0327 e. The van der Waals surface area contributed by atoms with Gasteiger partial charge in [0.25, 0.3) is 0 Å². The van der Waals surface area contributed by atoms with Gasteiger partial charge in [-0.1, -0.05) is 137 Å². The molecule has 0 fully saturated rings. The van der Waals surface area contributed by atoms with Gasteiger partial charge in [-0.05, 0) is 47.8 Å². The average Bonchev–Trinajstić information content (AvgIpc) is 3.11. The molecule has 2 aromatic carbocycles. The highest BCUT2D eigenvalue weighted by atomic mass is 14.2. The molecular weight excluding hydrogens is 384 g/mol. The summed E-state index contributed by atoms with van der Waals surface area (Å²) in [5.41, 5.74) is 7.76. The van der Waals surface area contributed by atoms with Crippen molar-refractivity contribution in [2.45, 2.75) is 41.0 Å². The molecule has 0 N–H and O–H groups in total. The molecule has 164 valence electrons. The molecular formula is C32H36. The first-order chi connectivity index (χ1) is 15.7. The van der Waals surface area contributed by atoms with Crippen LogP contribution in [0.3, 0.4) is 0 Å². The predicted octanol–water partition coefficient (Wildman–Crippen LogP) is 9.18. The van der Waals surface area contributed by atoms with E-state index in [1.165, 1.54) is 5.57 Å². The first-order valence-corrected chi connectivity index (χ1v) is 11.4. The zero-order chi connectivity index (χ0) is 23.8. The highest BCUT2D eigenvalue weighted by molar-refractivity contribution is 6.02. The first-order valence-electron chi connectivity index (χ1n) is 11.4. The number of allylic oxidation sites excluding steroid dienone is 10. The van der Waals surface area contributed by atoms with Crippen LogP contribution in [0.2, 0.25) is 0 Å². The predicted molar refractivity (Wildman–Crippen MR) is 145 cm³/mol. The summed E-state index contributed by atoms with van der Waals surface area (Å²) in [6, 6.07) is 16.3. The lowest BCUT2D eigenvalue weighted by atomic mass is 9.88. The van der Waals surface area contributed by atoms with E-state index < -0.39 is 0 Å². The molecule has 0 unspecified atom stereocenters. The van der Waals surface area contributed by atoms with Crippen molar-refractivity contribution in [1.82, 2.24) is 0 Å². The minimum Gasteiger partial charge on any atom is -0.0984 e. The zero-order valence-electron chi connectivity index (χ0n) is 20.3. The van der Waals surface area contributed by atoms with Gasteiger partial charge in [0.1, 0.15) is 0 Å². The standard InChI is InChI=1S/C20H14.C8H10.2C2H6/c1-3-17-18(4-2)20-12-8-6-10-16(20)14-13-15-9-5-7-11-19(15)17;1-8-6-4-2-3-5-7-8;2*1-2/h3-12H,1-2H2;2,4-7H,3H2,1H3;2*1-2H3/b18-17-,19-17?,20-18?;;;. The molecule has 0 radical (unpaired) electrons. The molecule has 4 rings (SSSR count). The first kappa shape index (κ1) is 26.5. The Morgan fingerprint density at radius 1 is 0.719 bits per heavy atom. The Hall–Kier alpha value is -3.56. The van der Waals surface area contributed by atoms with Crippen LogP contribution in [0.15, 0.2) is 110 Å². The molecule has 0 aliphatic heterocycles. The molecule has 2 aliphatic carbocycles. The largest absolute Gasteiger partial charge is 0.0984 e. The van der Waals surface area contributed by atoms with Gasteiger partial charge >= 0.3 is 0 Å². The van der Waals surface area contributed by atoms with Crippen molar-refractivity contribution in [2.24, 2.45) is 0 Å². The van der Waals surface area contributed by atoms with Gasteiger partial charge in [-0.25, -0.2) is 0 Å². The summed E-state index contributed by atoms with van der Waals surface area (Å²) in [6.45, 7) is 18.0. The van der Waals surface area contributed by atoms with Gasteiger partial charge in [-0.15, -0.1) is 0 Å². The smallest absolute Gasteiger partial charge is 0.0327 e. The van der Waals surface area contributed by atoms with E-state index in [2.05, 4.69) is 74.4 Å².